The number of methoxy groups -OCH3 is 1. The highest BCUT2D eigenvalue weighted by Gasteiger charge is 2.06. The second-order valence-electron chi connectivity index (χ2n) is 6.09. The summed E-state index contributed by atoms with van der Waals surface area (Å²) < 4.78 is 16.5. The van der Waals surface area contributed by atoms with Gasteiger partial charge in [0.1, 0.15) is 0 Å². The summed E-state index contributed by atoms with van der Waals surface area (Å²) in [5.41, 5.74) is 1.10. The van der Waals surface area contributed by atoms with E-state index in [1.54, 1.807) is 14.2 Å². The largest absolute Gasteiger partial charge is 0.493 e. The molecule has 0 saturated carbocycles. The number of guanidine groups is 1. The van der Waals surface area contributed by atoms with E-state index in [1.165, 1.54) is 0 Å². The van der Waals surface area contributed by atoms with E-state index in [0.717, 1.165) is 49.2 Å². The first-order chi connectivity index (χ1) is 12.1. The van der Waals surface area contributed by atoms with Gasteiger partial charge in [0.05, 0.1) is 13.7 Å². The molecule has 0 amide bonds. The van der Waals surface area contributed by atoms with E-state index in [2.05, 4.69) is 29.5 Å². The molecule has 25 heavy (non-hydrogen) atoms. The highest BCUT2D eigenvalue weighted by atomic mass is 16.5. The highest BCUT2D eigenvalue weighted by molar-refractivity contribution is 5.79. The van der Waals surface area contributed by atoms with Crippen molar-refractivity contribution in [3.05, 3.63) is 23.8 Å². The van der Waals surface area contributed by atoms with Crippen molar-refractivity contribution >= 4 is 5.96 Å². The number of hydrogen-bond donors (Lipinski definition) is 2. The number of hydrogen-bond acceptors (Lipinski definition) is 4. The molecular weight excluding hydrogens is 318 g/mol. The molecular formula is C19H33N3O3. The number of nitrogens with zero attached hydrogens (tertiary/aromatic N) is 1. The molecule has 0 spiro atoms. The van der Waals surface area contributed by atoms with Gasteiger partial charge >= 0.3 is 0 Å². The Balaban J connectivity index is 2.38. The molecule has 0 aliphatic carbocycles. The molecule has 0 aliphatic heterocycles. The second kappa shape index (κ2) is 12.4. The zero-order chi connectivity index (χ0) is 18.5. The van der Waals surface area contributed by atoms with Crippen LogP contribution in [-0.2, 0) is 11.3 Å². The quantitative estimate of drug-likeness (QED) is 0.365. The number of benzene rings is 1. The van der Waals surface area contributed by atoms with Crippen LogP contribution in [0.1, 0.15) is 32.8 Å². The molecule has 0 aromatic heterocycles. The predicted molar refractivity (Wildman–Crippen MR) is 103 cm³/mol. The standard InChI is InChI=1S/C19H33N3O3/c1-6-25-18-12-16(8-9-17(18)23-5)13-22-19(20-4)21-10-7-11-24-14-15(2)3/h8-9,12,15H,6-7,10-11,13-14H2,1-5H3,(H2,20,21,22). The van der Waals surface area contributed by atoms with E-state index < -0.39 is 0 Å². The minimum absolute atomic E-state index is 0.577. The highest BCUT2D eigenvalue weighted by Crippen LogP contribution is 2.27. The lowest BCUT2D eigenvalue weighted by Gasteiger charge is -2.14. The van der Waals surface area contributed by atoms with Gasteiger partial charge in [-0.05, 0) is 37.0 Å². The molecule has 1 aromatic carbocycles. The maximum Gasteiger partial charge on any atom is 0.191 e. The Morgan fingerprint density at radius 3 is 2.64 bits per heavy atom. The molecule has 142 valence electrons. The van der Waals surface area contributed by atoms with E-state index in [4.69, 9.17) is 14.2 Å². The van der Waals surface area contributed by atoms with Crippen LogP contribution in [0.15, 0.2) is 23.2 Å². The molecule has 0 unspecified atom stereocenters. The first kappa shape index (κ1) is 21.1. The Labute approximate surface area is 152 Å². The first-order valence-electron chi connectivity index (χ1n) is 8.92. The molecule has 0 fully saturated rings. The SMILES string of the molecule is CCOc1cc(CNC(=NC)NCCCOCC(C)C)ccc1OC. The monoisotopic (exact) mass is 351 g/mol. The zero-order valence-electron chi connectivity index (χ0n) is 16.2. The van der Waals surface area contributed by atoms with Crippen LogP contribution in [0.3, 0.4) is 0 Å². The molecule has 1 rings (SSSR count). The summed E-state index contributed by atoms with van der Waals surface area (Å²) in [4.78, 5) is 4.24. The van der Waals surface area contributed by atoms with Gasteiger partial charge < -0.3 is 24.8 Å². The third kappa shape index (κ3) is 8.63. The van der Waals surface area contributed by atoms with Gasteiger partial charge in [0.2, 0.25) is 0 Å². The topological polar surface area (TPSA) is 64.1 Å². The van der Waals surface area contributed by atoms with Crippen LogP contribution in [0.25, 0.3) is 0 Å². The third-order valence-electron chi connectivity index (χ3n) is 3.42. The average Bonchev–Trinajstić information content (AvgIpc) is 2.60. The summed E-state index contributed by atoms with van der Waals surface area (Å²) in [5, 5.41) is 6.60. The van der Waals surface area contributed by atoms with Gasteiger partial charge in [-0.3, -0.25) is 4.99 Å². The van der Waals surface area contributed by atoms with Gasteiger partial charge in [-0.25, -0.2) is 0 Å². The molecule has 6 nitrogen and oxygen atoms in total. The normalized spacial score (nSPS) is 11.5. The lowest BCUT2D eigenvalue weighted by atomic mass is 10.2. The zero-order valence-corrected chi connectivity index (χ0v) is 16.2. The number of rotatable bonds is 11. The van der Waals surface area contributed by atoms with Gasteiger partial charge in [0.25, 0.3) is 0 Å². The van der Waals surface area contributed by atoms with Crippen LogP contribution < -0.4 is 20.1 Å². The Kier molecular flexibility index (Phi) is 10.5. The minimum Gasteiger partial charge on any atom is -0.493 e. The van der Waals surface area contributed by atoms with Crippen molar-refractivity contribution in [2.24, 2.45) is 10.9 Å². The third-order valence-corrected chi connectivity index (χ3v) is 3.42. The number of aliphatic imine (C=N–C) groups is 1. The maximum atomic E-state index is 5.61. The van der Waals surface area contributed by atoms with E-state index >= 15 is 0 Å². The van der Waals surface area contributed by atoms with Crippen LogP contribution in [0.2, 0.25) is 0 Å². The van der Waals surface area contributed by atoms with Crippen molar-refractivity contribution in [2.75, 3.05) is 40.5 Å². The summed E-state index contributed by atoms with van der Waals surface area (Å²) in [7, 11) is 3.41. The Morgan fingerprint density at radius 2 is 2.00 bits per heavy atom. The smallest absolute Gasteiger partial charge is 0.191 e. The van der Waals surface area contributed by atoms with Gasteiger partial charge in [0.15, 0.2) is 17.5 Å². The van der Waals surface area contributed by atoms with Crippen LogP contribution in [0, 0.1) is 5.92 Å². The molecule has 0 aliphatic rings. The average molecular weight is 351 g/mol. The Bertz CT molecular complexity index is 519. The van der Waals surface area contributed by atoms with E-state index in [-0.39, 0.29) is 0 Å². The molecule has 1 aromatic rings. The molecule has 6 heteroatoms. The molecule has 0 atom stereocenters. The van der Waals surface area contributed by atoms with Crippen molar-refractivity contribution in [1.29, 1.82) is 0 Å². The molecule has 2 N–H and O–H groups in total. The second-order valence-corrected chi connectivity index (χ2v) is 6.09. The van der Waals surface area contributed by atoms with Crippen molar-refractivity contribution in [1.82, 2.24) is 10.6 Å². The molecule has 0 bridgehead atoms. The first-order valence-corrected chi connectivity index (χ1v) is 8.92. The fourth-order valence-electron chi connectivity index (χ4n) is 2.21. The Morgan fingerprint density at radius 1 is 1.20 bits per heavy atom. The van der Waals surface area contributed by atoms with Gasteiger partial charge in [0, 0.05) is 33.4 Å². The number of nitrogens with one attached hydrogen (secondary N) is 2. The van der Waals surface area contributed by atoms with Gasteiger partial charge in [-0.2, -0.15) is 0 Å². The van der Waals surface area contributed by atoms with Crippen molar-refractivity contribution in [2.45, 2.75) is 33.7 Å². The summed E-state index contributed by atoms with van der Waals surface area (Å²) >= 11 is 0. The summed E-state index contributed by atoms with van der Waals surface area (Å²) in [5.74, 6) is 2.86. The molecule has 0 radical (unpaired) electrons. The van der Waals surface area contributed by atoms with Crippen LogP contribution in [0.5, 0.6) is 11.5 Å². The van der Waals surface area contributed by atoms with Gasteiger partial charge in [-0.15, -0.1) is 0 Å². The summed E-state index contributed by atoms with van der Waals surface area (Å²) in [6, 6.07) is 5.92. The van der Waals surface area contributed by atoms with Crippen LogP contribution in [0.4, 0.5) is 0 Å². The molecule has 0 saturated heterocycles. The number of ether oxygens (including phenoxy) is 3. The van der Waals surface area contributed by atoms with Crippen molar-refractivity contribution in [3.63, 3.8) is 0 Å². The van der Waals surface area contributed by atoms with E-state index in [9.17, 15) is 0 Å². The van der Waals surface area contributed by atoms with Crippen molar-refractivity contribution < 1.29 is 14.2 Å². The van der Waals surface area contributed by atoms with Crippen LogP contribution >= 0.6 is 0 Å². The Hall–Kier alpha value is -1.95. The summed E-state index contributed by atoms with van der Waals surface area (Å²) in [6.45, 7) is 9.93. The van der Waals surface area contributed by atoms with E-state index in [0.29, 0.717) is 19.1 Å². The summed E-state index contributed by atoms with van der Waals surface area (Å²) in [6.07, 6.45) is 0.949. The lowest BCUT2D eigenvalue weighted by Crippen LogP contribution is -2.37. The fourth-order valence-corrected chi connectivity index (χ4v) is 2.21. The van der Waals surface area contributed by atoms with E-state index in [1.807, 2.05) is 25.1 Å². The fraction of sp³-hybridized carbons (Fsp3) is 0.632. The lowest BCUT2D eigenvalue weighted by molar-refractivity contribution is 0.108. The predicted octanol–water partition coefficient (Wildman–Crippen LogP) is 2.82. The van der Waals surface area contributed by atoms with Crippen LogP contribution in [-0.4, -0.2) is 46.5 Å². The maximum absolute atomic E-state index is 5.61. The van der Waals surface area contributed by atoms with Crippen molar-refractivity contribution in [3.8, 4) is 11.5 Å². The minimum atomic E-state index is 0.577. The molecule has 0 heterocycles. The van der Waals surface area contributed by atoms with Gasteiger partial charge in [-0.1, -0.05) is 19.9 Å².